The standard InChI is InChI=1S/C21H26N6O4/c1-3-23-20(29)17-13(28)10-15(31-17)27-11-24-16-18(22)25-14(26-19(16)27)7-9-21(30)8-5-4-6-12(21)2/h11-12,15,28,30H,3-6,8,10H2,1-2H3,(H,23,29)(H2,22,25,26)/t12?,15-,21?/m1/s1. The van der Waals surface area contributed by atoms with Crippen molar-refractivity contribution in [2.24, 2.45) is 5.92 Å². The van der Waals surface area contributed by atoms with Crippen LogP contribution in [0.5, 0.6) is 0 Å². The van der Waals surface area contributed by atoms with Crippen molar-refractivity contribution >= 4 is 22.9 Å². The number of carbonyl (C=O) groups excluding carboxylic acids is 1. The third-order valence-corrected chi connectivity index (χ3v) is 5.84. The van der Waals surface area contributed by atoms with E-state index >= 15 is 0 Å². The van der Waals surface area contributed by atoms with Gasteiger partial charge in [-0.2, -0.15) is 0 Å². The van der Waals surface area contributed by atoms with Crippen molar-refractivity contribution in [3.05, 3.63) is 23.7 Å². The first-order valence-electron chi connectivity index (χ1n) is 10.4. The Morgan fingerprint density at radius 3 is 3.00 bits per heavy atom. The molecule has 2 unspecified atom stereocenters. The second-order valence-electron chi connectivity index (χ2n) is 7.99. The molecule has 4 rings (SSSR count). The summed E-state index contributed by atoms with van der Waals surface area (Å²) in [6.45, 7) is 4.18. The fraction of sp³-hybridized carbons (Fsp3) is 0.524. The van der Waals surface area contributed by atoms with Gasteiger partial charge in [0.2, 0.25) is 11.6 Å². The zero-order valence-electron chi connectivity index (χ0n) is 17.6. The van der Waals surface area contributed by atoms with Crippen LogP contribution in [0.25, 0.3) is 11.2 Å². The number of nitrogens with zero attached hydrogens (tertiary/aromatic N) is 4. The zero-order valence-corrected chi connectivity index (χ0v) is 17.6. The van der Waals surface area contributed by atoms with Crippen molar-refractivity contribution in [1.29, 1.82) is 0 Å². The molecule has 164 valence electrons. The van der Waals surface area contributed by atoms with Crippen LogP contribution in [-0.2, 0) is 9.53 Å². The number of anilines is 1. The normalized spacial score (nSPS) is 25.8. The number of aliphatic hydroxyl groups excluding tert-OH is 1. The summed E-state index contributed by atoms with van der Waals surface area (Å²) in [5.41, 5.74) is 5.72. The van der Waals surface area contributed by atoms with Gasteiger partial charge < -0.3 is 26.0 Å². The summed E-state index contributed by atoms with van der Waals surface area (Å²) in [6, 6.07) is 0. The van der Waals surface area contributed by atoms with Gasteiger partial charge in [0.25, 0.3) is 5.91 Å². The fourth-order valence-corrected chi connectivity index (χ4v) is 3.97. The lowest BCUT2D eigenvalue weighted by Gasteiger charge is -2.33. The molecule has 0 spiro atoms. The molecule has 5 N–H and O–H groups in total. The second-order valence-corrected chi connectivity index (χ2v) is 7.99. The van der Waals surface area contributed by atoms with E-state index in [2.05, 4.69) is 32.1 Å². The van der Waals surface area contributed by atoms with E-state index in [9.17, 15) is 15.0 Å². The van der Waals surface area contributed by atoms with E-state index in [0.717, 1.165) is 19.3 Å². The van der Waals surface area contributed by atoms with Gasteiger partial charge in [-0.25, -0.2) is 15.0 Å². The minimum Gasteiger partial charge on any atom is -0.508 e. The third-order valence-electron chi connectivity index (χ3n) is 5.84. The number of amides is 1. The highest BCUT2D eigenvalue weighted by atomic mass is 16.5. The Labute approximate surface area is 179 Å². The van der Waals surface area contributed by atoms with Crippen LogP contribution in [0.15, 0.2) is 17.8 Å². The summed E-state index contributed by atoms with van der Waals surface area (Å²) in [5, 5.41) is 23.6. The smallest absolute Gasteiger partial charge is 0.290 e. The van der Waals surface area contributed by atoms with Crippen LogP contribution in [0.2, 0.25) is 0 Å². The Morgan fingerprint density at radius 2 is 2.26 bits per heavy atom. The van der Waals surface area contributed by atoms with Crippen LogP contribution < -0.4 is 11.1 Å². The first kappa shape index (κ1) is 20.9. The van der Waals surface area contributed by atoms with E-state index in [4.69, 9.17) is 10.5 Å². The summed E-state index contributed by atoms with van der Waals surface area (Å²) in [4.78, 5) is 25.0. The second kappa shape index (κ2) is 8.07. The fourth-order valence-electron chi connectivity index (χ4n) is 3.97. The molecule has 1 aliphatic heterocycles. The number of aromatic nitrogens is 4. The molecule has 2 aromatic rings. The first-order valence-corrected chi connectivity index (χ1v) is 10.4. The molecule has 1 saturated carbocycles. The molecule has 0 aromatic carbocycles. The van der Waals surface area contributed by atoms with Gasteiger partial charge in [-0.3, -0.25) is 9.36 Å². The Balaban J connectivity index is 1.64. The molecule has 0 radical (unpaired) electrons. The SMILES string of the molecule is CCNC(=O)C1=C(O)C[C@H](n2cnc3c(N)nc(C#CC4(O)CCCCC4C)nc32)O1. The molecule has 2 aromatic heterocycles. The highest BCUT2D eigenvalue weighted by Gasteiger charge is 2.35. The van der Waals surface area contributed by atoms with Crippen molar-refractivity contribution in [1.82, 2.24) is 24.8 Å². The Hall–Kier alpha value is -3.32. The van der Waals surface area contributed by atoms with Gasteiger partial charge in [0.15, 0.2) is 17.7 Å². The van der Waals surface area contributed by atoms with E-state index in [1.807, 2.05) is 6.92 Å². The maximum Gasteiger partial charge on any atom is 0.290 e. The van der Waals surface area contributed by atoms with E-state index in [1.165, 1.54) is 6.33 Å². The molecule has 1 amide bonds. The van der Waals surface area contributed by atoms with Crippen molar-refractivity contribution in [3.8, 4) is 11.8 Å². The molecule has 0 bridgehead atoms. The van der Waals surface area contributed by atoms with Crippen LogP contribution in [0.4, 0.5) is 5.82 Å². The molecule has 3 heterocycles. The minimum absolute atomic E-state index is 0.0639. The van der Waals surface area contributed by atoms with Crippen molar-refractivity contribution < 1.29 is 19.7 Å². The summed E-state index contributed by atoms with van der Waals surface area (Å²) < 4.78 is 7.25. The summed E-state index contributed by atoms with van der Waals surface area (Å²) in [6.07, 6.45) is 4.39. The van der Waals surface area contributed by atoms with Gasteiger partial charge >= 0.3 is 0 Å². The number of aliphatic hydroxyl groups is 2. The first-order chi connectivity index (χ1) is 14.8. The average molecular weight is 426 g/mol. The number of nitrogen functional groups attached to an aromatic ring is 1. The van der Waals surface area contributed by atoms with Crippen molar-refractivity contribution in [2.75, 3.05) is 12.3 Å². The number of carbonyl (C=O) groups is 1. The number of nitrogens with one attached hydrogen (secondary N) is 1. The topological polar surface area (TPSA) is 148 Å². The number of hydrogen-bond acceptors (Lipinski definition) is 8. The van der Waals surface area contributed by atoms with E-state index < -0.39 is 17.7 Å². The number of likely N-dealkylation sites (N-methyl/N-ethyl adjacent to an activating group) is 1. The molecule has 10 nitrogen and oxygen atoms in total. The number of ether oxygens (including phenoxy) is 1. The van der Waals surface area contributed by atoms with Gasteiger partial charge in [-0.05, 0) is 38.0 Å². The van der Waals surface area contributed by atoms with Crippen LogP contribution in [0.3, 0.4) is 0 Å². The summed E-state index contributed by atoms with van der Waals surface area (Å²) in [7, 11) is 0. The molecule has 3 atom stereocenters. The maximum absolute atomic E-state index is 12.1. The molecule has 31 heavy (non-hydrogen) atoms. The molecule has 10 heteroatoms. The van der Waals surface area contributed by atoms with Crippen LogP contribution in [-0.4, -0.2) is 47.8 Å². The van der Waals surface area contributed by atoms with Gasteiger partial charge in [-0.15, -0.1) is 0 Å². The molecule has 1 fully saturated rings. The third kappa shape index (κ3) is 3.88. The predicted octanol–water partition coefficient (Wildman–Crippen LogP) is 1.53. The van der Waals surface area contributed by atoms with E-state index in [-0.39, 0.29) is 35.5 Å². The maximum atomic E-state index is 12.1. The molecule has 0 saturated heterocycles. The number of nitrogens with two attached hydrogens (primary N) is 1. The van der Waals surface area contributed by atoms with Crippen LogP contribution in [0, 0.1) is 17.8 Å². The van der Waals surface area contributed by atoms with Crippen molar-refractivity contribution in [2.45, 2.75) is 57.8 Å². The largest absolute Gasteiger partial charge is 0.508 e. The van der Waals surface area contributed by atoms with Crippen LogP contribution in [0.1, 0.15) is 58.0 Å². The zero-order chi connectivity index (χ0) is 22.2. The Kier molecular flexibility index (Phi) is 5.45. The van der Waals surface area contributed by atoms with E-state index in [0.29, 0.717) is 24.1 Å². The summed E-state index contributed by atoms with van der Waals surface area (Å²) >= 11 is 0. The van der Waals surface area contributed by atoms with Gasteiger partial charge in [-0.1, -0.05) is 19.3 Å². The lowest BCUT2D eigenvalue weighted by Crippen LogP contribution is -2.37. The number of fused-ring (bicyclic) bond motifs is 1. The van der Waals surface area contributed by atoms with Crippen LogP contribution >= 0.6 is 0 Å². The molecular formula is C21H26N6O4. The molecule has 2 aliphatic rings. The Bertz CT molecular complexity index is 1110. The van der Waals surface area contributed by atoms with Gasteiger partial charge in [0.05, 0.1) is 6.42 Å². The average Bonchev–Trinajstić information content (AvgIpc) is 3.33. The number of imidazole rings is 1. The minimum atomic E-state index is -1.07. The Morgan fingerprint density at radius 1 is 1.45 bits per heavy atom. The monoisotopic (exact) mass is 426 g/mol. The lowest BCUT2D eigenvalue weighted by molar-refractivity contribution is -0.122. The lowest BCUT2D eigenvalue weighted by atomic mass is 9.77. The van der Waals surface area contributed by atoms with E-state index in [1.54, 1.807) is 11.5 Å². The van der Waals surface area contributed by atoms with Gasteiger partial charge in [0.1, 0.15) is 23.2 Å². The molecule has 1 aliphatic carbocycles. The van der Waals surface area contributed by atoms with Gasteiger partial charge in [0, 0.05) is 6.54 Å². The predicted molar refractivity (Wildman–Crippen MR) is 112 cm³/mol. The summed E-state index contributed by atoms with van der Waals surface area (Å²) in [5.74, 6) is 5.44. The number of hydrogen-bond donors (Lipinski definition) is 4. The quantitative estimate of drug-likeness (QED) is 0.540. The number of rotatable bonds is 3. The highest BCUT2D eigenvalue weighted by Crippen LogP contribution is 2.34. The van der Waals surface area contributed by atoms with Crippen molar-refractivity contribution in [3.63, 3.8) is 0 Å². The highest BCUT2D eigenvalue weighted by molar-refractivity contribution is 5.92. The molecular weight excluding hydrogens is 400 g/mol.